The lowest BCUT2D eigenvalue weighted by Crippen LogP contribution is -2.21. The minimum atomic E-state index is -0.295. The van der Waals surface area contributed by atoms with Gasteiger partial charge in [0.2, 0.25) is 5.82 Å². The highest BCUT2D eigenvalue weighted by Crippen LogP contribution is 2.36. The first kappa shape index (κ1) is 14.3. The van der Waals surface area contributed by atoms with Gasteiger partial charge >= 0.3 is 0 Å². The van der Waals surface area contributed by atoms with Crippen molar-refractivity contribution in [3.05, 3.63) is 24.0 Å². The number of benzene rings is 1. The smallest absolute Gasteiger partial charge is 0.261 e. The lowest BCUT2D eigenvalue weighted by molar-refractivity contribution is 0.00718. The van der Waals surface area contributed by atoms with Gasteiger partial charge in [-0.3, -0.25) is 0 Å². The average molecular weight is 277 g/mol. The van der Waals surface area contributed by atoms with Crippen LogP contribution in [-0.2, 0) is 4.74 Å². The van der Waals surface area contributed by atoms with E-state index in [4.69, 9.17) is 15.0 Å². The zero-order chi connectivity index (χ0) is 14.9. The summed E-state index contributed by atoms with van der Waals surface area (Å²) in [5.41, 5.74) is 6.34. The van der Waals surface area contributed by atoms with Crippen LogP contribution < -0.4 is 5.73 Å². The Bertz CT molecular complexity index is 602. The average Bonchev–Trinajstić information content (AvgIpc) is 2.77. The van der Waals surface area contributed by atoms with Crippen molar-refractivity contribution in [1.29, 1.82) is 0 Å². The molecule has 1 heterocycles. The van der Waals surface area contributed by atoms with Crippen molar-refractivity contribution in [1.82, 2.24) is 10.1 Å². The van der Waals surface area contributed by atoms with Crippen LogP contribution in [0, 0.1) is 5.41 Å². The van der Waals surface area contributed by atoms with Crippen LogP contribution in [0.15, 0.2) is 22.7 Å². The quantitative estimate of drug-likeness (QED) is 0.838. The first-order chi connectivity index (χ1) is 9.32. The highest BCUT2D eigenvalue weighted by Gasteiger charge is 2.31. The number of ether oxygens (including phenoxy) is 1. The van der Waals surface area contributed by atoms with E-state index in [0.717, 1.165) is 0 Å². The van der Waals surface area contributed by atoms with E-state index in [9.17, 15) is 5.11 Å². The number of nitrogen functional groups attached to an aromatic ring is 1. The fourth-order valence-corrected chi connectivity index (χ4v) is 2.03. The van der Waals surface area contributed by atoms with Crippen molar-refractivity contribution < 1.29 is 14.4 Å². The van der Waals surface area contributed by atoms with Crippen molar-refractivity contribution in [3.8, 4) is 17.2 Å². The Labute approximate surface area is 117 Å². The number of phenols is 1. The second-order valence-corrected chi connectivity index (χ2v) is 5.72. The molecular formula is C14H19N3O3. The second kappa shape index (κ2) is 5.13. The highest BCUT2D eigenvalue weighted by atomic mass is 16.5. The summed E-state index contributed by atoms with van der Waals surface area (Å²) in [6.07, 6.45) is -0.295. The summed E-state index contributed by atoms with van der Waals surface area (Å²) < 4.78 is 10.6. The molecule has 0 fully saturated rings. The zero-order valence-electron chi connectivity index (χ0n) is 12.0. The third-order valence-corrected chi connectivity index (χ3v) is 2.95. The number of methoxy groups -OCH3 is 1. The van der Waals surface area contributed by atoms with Gasteiger partial charge in [-0.25, -0.2) is 0 Å². The molecule has 20 heavy (non-hydrogen) atoms. The summed E-state index contributed by atoms with van der Waals surface area (Å²) in [7, 11) is 1.60. The molecule has 6 nitrogen and oxygen atoms in total. The van der Waals surface area contributed by atoms with Crippen LogP contribution in [0.25, 0.3) is 11.5 Å². The number of hydrogen-bond donors (Lipinski definition) is 2. The van der Waals surface area contributed by atoms with Gasteiger partial charge < -0.3 is 20.1 Å². The number of rotatable bonds is 3. The number of anilines is 1. The van der Waals surface area contributed by atoms with E-state index in [2.05, 4.69) is 10.1 Å². The molecule has 0 aliphatic heterocycles. The Morgan fingerprint density at radius 2 is 2.05 bits per heavy atom. The summed E-state index contributed by atoms with van der Waals surface area (Å²) in [5, 5.41) is 13.8. The minimum Gasteiger partial charge on any atom is -0.507 e. The van der Waals surface area contributed by atoms with E-state index in [1.54, 1.807) is 19.2 Å². The van der Waals surface area contributed by atoms with Crippen LogP contribution in [0.3, 0.4) is 0 Å². The van der Waals surface area contributed by atoms with Crippen LogP contribution in [0.2, 0.25) is 0 Å². The van der Waals surface area contributed by atoms with Crippen LogP contribution >= 0.6 is 0 Å². The summed E-state index contributed by atoms with van der Waals surface area (Å²) in [6, 6.07) is 4.74. The molecule has 0 radical (unpaired) electrons. The summed E-state index contributed by atoms with van der Waals surface area (Å²) >= 11 is 0. The Balaban J connectivity index is 2.38. The maximum absolute atomic E-state index is 9.87. The van der Waals surface area contributed by atoms with E-state index < -0.39 is 0 Å². The fraction of sp³-hybridized carbons (Fsp3) is 0.429. The van der Waals surface area contributed by atoms with Crippen molar-refractivity contribution >= 4 is 5.69 Å². The molecule has 0 aliphatic rings. The van der Waals surface area contributed by atoms with E-state index in [0.29, 0.717) is 17.1 Å². The van der Waals surface area contributed by atoms with E-state index >= 15 is 0 Å². The number of aromatic nitrogens is 2. The van der Waals surface area contributed by atoms with Gasteiger partial charge in [0.15, 0.2) is 0 Å². The van der Waals surface area contributed by atoms with Crippen molar-refractivity contribution in [2.45, 2.75) is 26.9 Å². The lowest BCUT2D eigenvalue weighted by Gasteiger charge is -2.26. The van der Waals surface area contributed by atoms with Crippen LogP contribution in [-0.4, -0.2) is 22.4 Å². The molecule has 0 spiro atoms. The summed E-state index contributed by atoms with van der Waals surface area (Å²) in [5.74, 6) is 0.694. The van der Waals surface area contributed by atoms with Gasteiger partial charge in [-0.2, -0.15) is 4.98 Å². The van der Waals surface area contributed by atoms with Gasteiger partial charge in [-0.15, -0.1) is 0 Å². The normalized spacial score (nSPS) is 13.4. The maximum Gasteiger partial charge on any atom is 0.261 e. The molecule has 108 valence electrons. The third-order valence-electron chi connectivity index (χ3n) is 2.95. The van der Waals surface area contributed by atoms with Gasteiger partial charge in [0, 0.05) is 18.9 Å². The van der Waals surface area contributed by atoms with E-state index in [1.807, 2.05) is 20.8 Å². The number of nitrogens with two attached hydrogens (primary N) is 1. The number of nitrogens with zero attached hydrogens (tertiary/aromatic N) is 2. The molecule has 2 rings (SSSR count). The molecule has 0 amide bonds. The van der Waals surface area contributed by atoms with Gasteiger partial charge in [0.1, 0.15) is 11.9 Å². The lowest BCUT2D eigenvalue weighted by atomic mass is 9.88. The Morgan fingerprint density at radius 1 is 1.35 bits per heavy atom. The molecule has 2 aromatic rings. The van der Waals surface area contributed by atoms with Gasteiger partial charge in [-0.1, -0.05) is 25.9 Å². The third kappa shape index (κ3) is 2.75. The summed E-state index contributed by atoms with van der Waals surface area (Å²) in [4.78, 5) is 4.31. The largest absolute Gasteiger partial charge is 0.507 e. The second-order valence-electron chi connectivity index (χ2n) is 5.72. The monoisotopic (exact) mass is 277 g/mol. The van der Waals surface area contributed by atoms with Crippen molar-refractivity contribution in [2.24, 2.45) is 5.41 Å². The molecular weight excluding hydrogens is 258 g/mol. The predicted molar refractivity (Wildman–Crippen MR) is 75.0 cm³/mol. The number of aromatic hydroxyl groups is 1. The van der Waals surface area contributed by atoms with E-state index in [1.165, 1.54) is 6.07 Å². The fourth-order valence-electron chi connectivity index (χ4n) is 2.03. The molecule has 1 aromatic heterocycles. The first-order valence-corrected chi connectivity index (χ1v) is 6.28. The first-order valence-electron chi connectivity index (χ1n) is 6.28. The van der Waals surface area contributed by atoms with Gasteiger partial charge in [-0.05, 0) is 17.5 Å². The number of phenolic OH excluding ortho intramolecular Hbond substituents is 1. The molecule has 1 aromatic carbocycles. The van der Waals surface area contributed by atoms with Gasteiger partial charge in [0.25, 0.3) is 5.89 Å². The maximum atomic E-state index is 9.87. The Morgan fingerprint density at radius 3 is 2.60 bits per heavy atom. The van der Waals surface area contributed by atoms with Gasteiger partial charge in [0.05, 0.1) is 5.56 Å². The minimum absolute atomic E-state index is 0.00456. The molecule has 1 unspecified atom stereocenters. The molecule has 3 N–H and O–H groups in total. The van der Waals surface area contributed by atoms with Crippen LogP contribution in [0.4, 0.5) is 5.69 Å². The Kier molecular flexibility index (Phi) is 3.67. The zero-order valence-corrected chi connectivity index (χ0v) is 12.0. The Hall–Kier alpha value is -2.08. The molecule has 0 bridgehead atoms. The predicted octanol–water partition coefficient (Wildman–Crippen LogP) is 2.76. The molecule has 6 heteroatoms. The standard InChI is InChI=1S/C14H19N3O3/c1-14(2,3)11(19-4)12-16-13(20-17-12)9-6-5-8(15)7-10(9)18/h5-7,11,18H,15H2,1-4H3. The molecule has 1 atom stereocenters. The van der Waals surface area contributed by atoms with Crippen molar-refractivity contribution in [3.63, 3.8) is 0 Å². The SMILES string of the molecule is COC(c1noc(-c2ccc(N)cc2O)n1)C(C)(C)C. The summed E-state index contributed by atoms with van der Waals surface area (Å²) in [6.45, 7) is 6.08. The topological polar surface area (TPSA) is 94.4 Å². The van der Waals surface area contributed by atoms with Crippen LogP contribution in [0.1, 0.15) is 32.7 Å². The highest BCUT2D eigenvalue weighted by molar-refractivity contribution is 5.66. The number of hydrogen-bond acceptors (Lipinski definition) is 6. The molecule has 0 saturated carbocycles. The van der Waals surface area contributed by atoms with E-state index in [-0.39, 0.29) is 23.2 Å². The van der Waals surface area contributed by atoms with Crippen molar-refractivity contribution in [2.75, 3.05) is 12.8 Å². The van der Waals surface area contributed by atoms with Crippen LogP contribution in [0.5, 0.6) is 5.75 Å². The molecule has 0 aliphatic carbocycles. The molecule has 0 saturated heterocycles.